The van der Waals surface area contributed by atoms with E-state index in [4.69, 9.17) is 5.73 Å². The molecule has 0 heterocycles. The number of nitrogens with two attached hydrogens (primary N) is 1. The van der Waals surface area contributed by atoms with Gasteiger partial charge in [0.25, 0.3) is 0 Å². The molecule has 1 fully saturated rings. The van der Waals surface area contributed by atoms with E-state index in [0.717, 1.165) is 24.8 Å². The molecule has 1 aliphatic carbocycles. The summed E-state index contributed by atoms with van der Waals surface area (Å²) in [6, 6.07) is 6.33. The fourth-order valence-corrected chi connectivity index (χ4v) is 3.26. The summed E-state index contributed by atoms with van der Waals surface area (Å²) in [6.45, 7) is 4.96. The highest BCUT2D eigenvalue weighted by Gasteiger charge is 2.36. The molecule has 0 bridgehead atoms. The van der Waals surface area contributed by atoms with Crippen LogP contribution in [0.2, 0.25) is 0 Å². The van der Waals surface area contributed by atoms with Gasteiger partial charge in [0.1, 0.15) is 5.75 Å². The second-order valence-corrected chi connectivity index (χ2v) is 6.63. The zero-order valence-electron chi connectivity index (χ0n) is 12.4. The zero-order valence-corrected chi connectivity index (χ0v) is 12.4. The minimum absolute atomic E-state index is 0.154. The molecular formula is C16H22F3NO. The second kappa shape index (κ2) is 5.87. The molecule has 0 aromatic heterocycles. The van der Waals surface area contributed by atoms with E-state index in [1.807, 2.05) is 6.07 Å². The highest BCUT2D eigenvalue weighted by molar-refractivity contribution is 5.32. The fourth-order valence-electron chi connectivity index (χ4n) is 3.26. The van der Waals surface area contributed by atoms with Gasteiger partial charge >= 0.3 is 6.36 Å². The molecule has 1 aromatic carbocycles. The first-order valence-electron chi connectivity index (χ1n) is 7.26. The largest absolute Gasteiger partial charge is 0.573 e. The minimum Gasteiger partial charge on any atom is -0.406 e. The molecule has 0 radical (unpaired) electrons. The van der Waals surface area contributed by atoms with Crippen LogP contribution in [0.25, 0.3) is 0 Å². The van der Waals surface area contributed by atoms with E-state index in [-0.39, 0.29) is 17.1 Å². The SMILES string of the molecule is CC1(C)CCC(CN)C(c2cccc(OC(F)(F)F)c2)C1. The van der Waals surface area contributed by atoms with Gasteiger partial charge in [-0.2, -0.15) is 0 Å². The molecule has 1 aliphatic rings. The van der Waals surface area contributed by atoms with Gasteiger partial charge in [0.15, 0.2) is 0 Å². The van der Waals surface area contributed by atoms with Gasteiger partial charge < -0.3 is 10.5 Å². The van der Waals surface area contributed by atoms with Crippen molar-refractivity contribution in [3.63, 3.8) is 0 Å². The van der Waals surface area contributed by atoms with Crippen molar-refractivity contribution in [1.82, 2.24) is 0 Å². The van der Waals surface area contributed by atoms with Crippen LogP contribution < -0.4 is 10.5 Å². The van der Waals surface area contributed by atoms with Gasteiger partial charge in [0.05, 0.1) is 0 Å². The van der Waals surface area contributed by atoms with Gasteiger partial charge in [-0.25, -0.2) is 0 Å². The van der Waals surface area contributed by atoms with Crippen LogP contribution in [0, 0.1) is 11.3 Å². The Hall–Kier alpha value is -1.23. The number of alkyl halides is 3. The Labute approximate surface area is 123 Å². The lowest BCUT2D eigenvalue weighted by Crippen LogP contribution is -2.32. The first-order chi connectivity index (χ1) is 9.70. The Kier molecular flexibility index (Phi) is 4.51. The fraction of sp³-hybridized carbons (Fsp3) is 0.625. The van der Waals surface area contributed by atoms with Gasteiger partial charge in [0.2, 0.25) is 0 Å². The van der Waals surface area contributed by atoms with Crippen molar-refractivity contribution in [2.75, 3.05) is 6.54 Å². The summed E-state index contributed by atoms with van der Waals surface area (Å²) in [5.41, 5.74) is 6.93. The van der Waals surface area contributed by atoms with Gasteiger partial charge in [-0.1, -0.05) is 26.0 Å². The summed E-state index contributed by atoms with van der Waals surface area (Å²) < 4.78 is 41.0. The Bertz CT molecular complexity index is 485. The van der Waals surface area contributed by atoms with Gasteiger partial charge in [0, 0.05) is 0 Å². The summed E-state index contributed by atoms with van der Waals surface area (Å²) in [7, 11) is 0. The summed E-state index contributed by atoms with van der Waals surface area (Å²) in [4.78, 5) is 0. The third-order valence-electron chi connectivity index (χ3n) is 4.36. The van der Waals surface area contributed by atoms with Crippen molar-refractivity contribution in [2.45, 2.75) is 45.4 Å². The number of benzene rings is 1. The molecule has 21 heavy (non-hydrogen) atoms. The van der Waals surface area contributed by atoms with E-state index in [9.17, 15) is 13.2 Å². The summed E-state index contributed by atoms with van der Waals surface area (Å²) >= 11 is 0. The van der Waals surface area contributed by atoms with Crippen LogP contribution in [0.1, 0.15) is 44.6 Å². The molecule has 0 spiro atoms. The molecule has 1 aromatic rings. The maximum absolute atomic E-state index is 12.3. The molecule has 2 N–H and O–H groups in total. The lowest BCUT2D eigenvalue weighted by Gasteiger charge is -2.40. The van der Waals surface area contributed by atoms with Crippen LogP contribution in [-0.4, -0.2) is 12.9 Å². The van der Waals surface area contributed by atoms with E-state index in [0.29, 0.717) is 12.5 Å². The molecule has 5 heteroatoms. The first-order valence-corrected chi connectivity index (χ1v) is 7.26. The second-order valence-electron chi connectivity index (χ2n) is 6.63. The van der Waals surface area contributed by atoms with E-state index in [2.05, 4.69) is 18.6 Å². The van der Waals surface area contributed by atoms with Crippen molar-refractivity contribution >= 4 is 0 Å². The highest BCUT2D eigenvalue weighted by Crippen LogP contribution is 2.46. The average Bonchev–Trinajstić information content (AvgIpc) is 2.36. The molecule has 2 rings (SSSR count). The van der Waals surface area contributed by atoms with Crippen molar-refractivity contribution < 1.29 is 17.9 Å². The lowest BCUT2D eigenvalue weighted by molar-refractivity contribution is -0.274. The monoisotopic (exact) mass is 301 g/mol. The van der Waals surface area contributed by atoms with E-state index in [1.54, 1.807) is 6.07 Å². The third-order valence-corrected chi connectivity index (χ3v) is 4.36. The molecule has 0 aliphatic heterocycles. The maximum Gasteiger partial charge on any atom is 0.573 e. The van der Waals surface area contributed by atoms with Crippen molar-refractivity contribution in [3.8, 4) is 5.75 Å². The van der Waals surface area contributed by atoms with Gasteiger partial charge in [-0.05, 0) is 60.8 Å². The first kappa shape index (κ1) is 16.1. The maximum atomic E-state index is 12.3. The molecule has 2 nitrogen and oxygen atoms in total. The summed E-state index contributed by atoms with van der Waals surface area (Å²) in [5, 5.41) is 0. The van der Waals surface area contributed by atoms with Crippen molar-refractivity contribution in [3.05, 3.63) is 29.8 Å². The van der Waals surface area contributed by atoms with Crippen LogP contribution in [0.5, 0.6) is 5.75 Å². The minimum atomic E-state index is -4.66. The predicted octanol–water partition coefficient (Wildman–Crippen LogP) is 4.45. The predicted molar refractivity (Wildman–Crippen MR) is 76.0 cm³/mol. The summed E-state index contributed by atoms with van der Waals surface area (Å²) in [5.74, 6) is 0.355. The Balaban J connectivity index is 2.24. The number of hydrogen-bond acceptors (Lipinski definition) is 2. The molecule has 0 amide bonds. The molecule has 118 valence electrons. The number of halogens is 3. The van der Waals surface area contributed by atoms with Crippen LogP contribution in [0.3, 0.4) is 0 Å². The Morgan fingerprint density at radius 3 is 2.67 bits per heavy atom. The zero-order chi connectivity index (χ0) is 15.7. The van der Waals surface area contributed by atoms with Gasteiger partial charge in [-0.15, -0.1) is 13.2 Å². The molecule has 1 saturated carbocycles. The Morgan fingerprint density at radius 1 is 1.33 bits per heavy atom. The summed E-state index contributed by atoms with van der Waals surface area (Å²) in [6.07, 6.45) is -1.61. The number of ether oxygens (including phenoxy) is 1. The van der Waals surface area contributed by atoms with Crippen LogP contribution >= 0.6 is 0 Å². The van der Waals surface area contributed by atoms with Crippen LogP contribution in [0.15, 0.2) is 24.3 Å². The normalized spacial score (nSPS) is 25.6. The smallest absolute Gasteiger partial charge is 0.406 e. The average molecular weight is 301 g/mol. The number of hydrogen-bond donors (Lipinski definition) is 1. The van der Waals surface area contributed by atoms with Crippen LogP contribution in [0.4, 0.5) is 13.2 Å². The van der Waals surface area contributed by atoms with Gasteiger partial charge in [-0.3, -0.25) is 0 Å². The highest BCUT2D eigenvalue weighted by atomic mass is 19.4. The van der Waals surface area contributed by atoms with Crippen LogP contribution in [-0.2, 0) is 0 Å². The molecule has 2 unspecified atom stereocenters. The standard InChI is InChI=1S/C16H22F3NO/c1-15(2)7-6-12(10-20)14(9-15)11-4-3-5-13(8-11)21-16(17,18)19/h3-5,8,12,14H,6-7,9-10,20H2,1-2H3. The quantitative estimate of drug-likeness (QED) is 0.895. The van der Waals surface area contributed by atoms with E-state index >= 15 is 0 Å². The Morgan fingerprint density at radius 2 is 2.05 bits per heavy atom. The molecule has 2 atom stereocenters. The topological polar surface area (TPSA) is 35.2 Å². The number of rotatable bonds is 3. The van der Waals surface area contributed by atoms with E-state index < -0.39 is 6.36 Å². The third kappa shape index (κ3) is 4.37. The van der Waals surface area contributed by atoms with E-state index in [1.165, 1.54) is 12.1 Å². The lowest BCUT2D eigenvalue weighted by atomic mass is 9.65. The van der Waals surface area contributed by atoms with Crippen molar-refractivity contribution in [2.24, 2.45) is 17.1 Å². The van der Waals surface area contributed by atoms with Crippen molar-refractivity contribution in [1.29, 1.82) is 0 Å². The molecular weight excluding hydrogens is 279 g/mol. The molecule has 0 saturated heterocycles.